The molecule has 0 nitrogen and oxygen atoms in total. The van der Waals surface area contributed by atoms with Crippen LogP contribution in [0, 0.1) is 6.92 Å². The minimum Gasteiger partial charge on any atom is -0.0622 e. The van der Waals surface area contributed by atoms with E-state index in [2.05, 4.69) is 165 Å². The Morgan fingerprint density at radius 1 is 0.375 bits per heavy atom. The Morgan fingerprint density at radius 2 is 0.725 bits per heavy atom. The Labute approximate surface area is 238 Å². The van der Waals surface area contributed by atoms with Crippen LogP contribution in [0.4, 0.5) is 0 Å². The van der Waals surface area contributed by atoms with E-state index in [-0.39, 0.29) is 0 Å². The second-order valence-electron chi connectivity index (χ2n) is 10.6. The van der Waals surface area contributed by atoms with Gasteiger partial charge in [0.05, 0.1) is 0 Å². The third-order valence-electron chi connectivity index (χ3n) is 7.90. The van der Waals surface area contributed by atoms with Crippen LogP contribution in [0.5, 0.6) is 0 Å². The third kappa shape index (κ3) is 5.98. The van der Waals surface area contributed by atoms with Gasteiger partial charge in [-0.1, -0.05) is 163 Å². The van der Waals surface area contributed by atoms with Crippen LogP contribution < -0.4 is 0 Å². The molecule has 0 N–H and O–H groups in total. The van der Waals surface area contributed by atoms with Crippen molar-refractivity contribution in [2.45, 2.75) is 25.7 Å². The van der Waals surface area contributed by atoms with E-state index >= 15 is 0 Å². The highest BCUT2D eigenvalue weighted by Gasteiger charge is 2.15. The first-order valence-electron chi connectivity index (χ1n) is 14.2. The van der Waals surface area contributed by atoms with Crippen molar-refractivity contribution in [3.05, 3.63) is 180 Å². The molecule has 0 atom stereocenters. The molecule has 0 amide bonds. The lowest BCUT2D eigenvalue weighted by Crippen LogP contribution is -2.03. The molecule has 0 radical (unpaired) electrons. The zero-order valence-electron chi connectivity index (χ0n) is 23.0. The molecule has 194 valence electrons. The average Bonchev–Trinajstić information content (AvgIpc) is 3.03. The highest BCUT2D eigenvalue weighted by molar-refractivity contribution is 5.66. The van der Waals surface area contributed by atoms with Crippen molar-refractivity contribution >= 4 is 0 Å². The Hall–Kier alpha value is -4.68. The molecule has 40 heavy (non-hydrogen) atoms. The summed E-state index contributed by atoms with van der Waals surface area (Å²) in [6, 6.07) is 57.5. The Bertz CT molecular complexity index is 1540. The van der Waals surface area contributed by atoms with E-state index in [0.717, 1.165) is 12.8 Å². The smallest absolute Gasteiger partial charge is 0.00925 e. The maximum Gasteiger partial charge on any atom is 0.00925 e. The molecule has 0 bridgehead atoms. The zero-order valence-corrected chi connectivity index (χ0v) is 23.0. The number of hydrogen-bond donors (Lipinski definition) is 0. The Morgan fingerprint density at radius 3 is 1.15 bits per heavy atom. The highest BCUT2D eigenvalue weighted by Crippen LogP contribution is 2.33. The summed E-state index contributed by atoms with van der Waals surface area (Å²) in [6.07, 6.45) is 2.08. The van der Waals surface area contributed by atoms with Gasteiger partial charge in [0, 0.05) is 5.92 Å². The predicted octanol–water partition coefficient (Wildman–Crippen LogP) is 10.8. The molecule has 0 saturated heterocycles. The molecule has 0 saturated carbocycles. The maximum atomic E-state index is 2.32. The molecule has 6 aromatic rings. The van der Waals surface area contributed by atoms with Crippen LogP contribution in [0.25, 0.3) is 33.4 Å². The van der Waals surface area contributed by atoms with Crippen molar-refractivity contribution < 1.29 is 0 Å². The minimum atomic E-state index is 0.325. The number of hydrogen-bond acceptors (Lipinski definition) is 0. The van der Waals surface area contributed by atoms with Crippen molar-refractivity contribution in [3.63, 3.8) is 0 Å². The quantitative estimate of drug-likeness (QED) is 0.189. The van der Waals surface area contributed by atoms with Gasteiger partial charge in [-0.2, -0.15) is 0 Å². The molecule has 0 heterocycles. The van der Waals surface area contributed by atoms with E-state index in [1.807, 2.05) is 0 Å². The number of aryl methyl sites for hydroxylation is 2. The molecule has 0 aliphatic heterocycles. The number of rotatable bonds is 8. The van der Waals surface area contributed by atoms with Crippen molar-refractivity contribution in [3.8, 4) is 33.4 Å². The maximum absolute atomic E-state index is 2.32. The van der Waals surface area contributed by atoms with E-state index in [0.29, 0.717) is 5.92 Å². The van der Waals surface area contributed by atoms with E-state index in [9.17, 15) is 0 Å². The van der Waals surface area contributed by atoms with Gasteiger partial charge in [-0.15, -0.1) is 0 Å². The molecular weight excluding hydrogens is 480 g/mol. The summed E-state index contributed by atoms with van der Waals surface area (Å²) in [6.45, 7) is 2.13. The van der Waals surface area contributed by atoms with Gasteiger partial charge in [0.25, 0.3) is 0 Å². The molecule has 0 spiro atoms. The second-order valence-corrected chi connectivity index (χ2v) is 10.6. The molecule has 0 aliphatic carbocycles. The van der Waals surface area contributed by atoms with Crippen molar-refractivity contribution in [1.29, 1.82) is 0 Å². The largest absolute Gasteiger partial charge is 0.0622 e. The monoisotopic (exact) mass is 514 g/mol. The zero-order chi connectivity index (χ0) is 27.1. The van der Waals surface area contributed by atoms with E-state index in [1.165, 1.54) is 55.6 Å². The van der Waals surface area contributed by atoms with Crippen LogP contribution in [-0.4, -0.2) is 0 Å². The van der Waals surface area contributed by atoms with Gasteiger partial charge in [0.1, 0.15) is 0 Å². The molecule has 0 unspecified atom stereocenters. The Balaban J connectivity index is 1.25. The summed E-state index contributed by atoms with van der Waals surface area (Å²) < 4.78 is 0. The topological polar surface area (TPSA) is 0 Å². The van der Waals surface area contributed by atoms with Crippen LogP contribution in [-0.2, 0) is 6.42 Å². The van der Waals surface area contributed by atoms with Crippen LogP contribution in [0.2, 0.25) is 0 Å². The van der Waals surface area contributed by atoms with E-state index in [1.54, 1.807) is 0 Å². The fourth-order valence-corrected chi connectivity index (χ4v) is 5.52. The summed E-state index contributed by atoms with van der Waals surface area (Å²) in [5.74, 6) is 0.325. The highest BCUT2D eigenvalue weighted by atomic mass is 14.2. The van der Waals surface area contributed by atoms with E-state index < -0.39 is 0 Å². The lowest BCUT2D eigenvalue weighted by atomic mass is 9.85. The first-order valence-corrected chi connectivity index (χ1v) is 14.2. The fourth-order valence-electron chi connectivity index (χ4n) is 5.52. The van der Waals surface area contributed by atoms with Crippen LogP contribution >= 0.6 is 0 Å². The Kier molecular flexibility index (Phi) is 7.69. The number of benzene rings is 6. The summed E-state index contributed by atoms with van der Waals surface area (Å²) in [4.78, 5) is 0. The van der Waals surface area contributed by atoms with Gasteiger partial charge in [0.15, 0.2) is 0 Å². The summed E-state index contributed by atoms with van der Waals surface area (Å²) in [7, 11) is 0. The normalized spacial score (nSPS) is 11.1. The van der Waals surface area contributed by atoms with Crippen molar-refractivity contribution in [1.82, 2.24) is 0 Å². The molecular formula is C40H34. The first-order chi connectivity index (χ1) is 19.7. The van der Waals surface area contributed by atoms with Gasteiger partial charge >= 0.3 is 0 Å². The standard InChI is InChI=1S/C40H34/c1-30-12-17-34(18-13-30)35-19-14-31(15-20-35)16-29-40(38-25-21-36(22-26-38)32-8-4-2-5-9-32)39-27-23-37(24-28-39)33-10-6-3-7-11-33/h2-15,17-28,40H,16,29H2,1H3. The summed E-state index contributed by atoms with van der Waals surface area (Å²) in [5.41, 5.74) is 13.0. The predicted molar refractivity (Wildman–Crippen MR) is 171 cm³/mol. The van der Waals surface area contributed by atoms with Gasteiger partial charge in [-0.25, -0.2) is 0 Å². The SMILES string of the molecule is Cc1ccc(-c2ccc(CCC(c3ccc(-c4ccccc4)cc3)c3ccc(-c4ccccc4)cc3)cc2)cc1. The molecule has 0 aromatic heterocycles. The van der Waals surface area contributed by atoms with Crippen LogP contribution in [0.1, 0.15) is 34.6 Å². The van der Waals surface area contributed by atoms with Gasteiger partial charge < -0.3 is 0 Å². The van der Waals surface area contributed by atoms with E-state index in [4.69, 9.17) is 0 Å². The van der Waals surface area contributed by atoms with Crippen molar-refractivity contribution in [2.75, 3.05) is 0 Å². The third-order valence-corrected chi connectivity index (χ3v) is 7.90. The fraction of sp³-hybridized carbons (Fsp3) is 0.100. The van der Waals surface area contributed by atoms with Gasteiger partial charge in [0.2, 0.25) is 0 Å². The second kappa shape index (κ2) is 12.0. The van der Waals surface area contributed by atoms with Crippen LogP contribution in [0.3, 0.4) is 0 Å². The minimum absolute atomic E-state index is 0.325. The lowest BCUT2D eigenvalue weighted by Gasteiger charge is -2.19. The van der Waals surface area contributed by atoms with Crippen LogP contribution in [0.15, 0.2) is 158 Å². The molecule has 0 aliphatic rings. The van der Waals surface area contributed by atoms with Crippen molar-refractivity contribution in [2.24, 2.45) is 0 Å². The first kappa shape index (κ1) is 25.6. The van der Waals surface area contributed by atoms with Gasteiger partial charge in [-0.3, -0.25) is 0 Å². The molecule has 6 aromatic carbocycles. The molecule has 0 heteroatoms. The molecule has 6 rings (SSSR count). The average molecular weight is 515 g/mol. The van der Waals surface area contributed by atoms with Gasteiger partial charge in [-0.05, 0) is 69.8 Å². The lowest BCUT2D eigenvalue weighted by molar-refractivity contribution is 0.715. The summed E-state index contributed by atoms with van der Waals surface area (Å²) >= 11 is 0. The molecule has 0 fully saturated rings. The summed E-state index contributed by atoms with van der Waals surface area (Å²) in [5, 5.41) is 0.